The van der Waals surface area contributed by atoms with Gasteiger partial charge < -0.3 is 15.5 Å². The molecule has 0 fully saturated rings. The highest BCUT2D eigenvalue weighted by molar-refractivity contribution is 7.18. The minimum absolute atomic E-state index is 0.00529. The molecule has 0 aliphatic rings. The van der Waals surface area contributed by atoms with Gasteiger partial charge in [-0.3, -0.25) is 10.1 Å². The summed E-state index contributed by atoms with van der Waals surface area (Å²) < 4.78 is 18.9. The molecule has 10 heteroatoms. The molecule has 0 aliphatic heterocycles. The summed E-state index contributed by atoms with van der Waals surface area (Å²) in [7, 11) is 0. The molecule has 0 bridgehead atoms. The van der Waals surface area contributed by atoms with Crippen LogP contribution in [0.15, 0.2) is 28.8 Å². The summed E-state index contributed by atoms with van der Waals surface area (Å²) in [5.41, 5.74) is 5.88. The zero-order valence-electron chi connectivity index (χ0n) is 12.3. The molecule has 0 spiro atoms. The maximum atomic E-state index is 13.7. The second kappa shape index (κ2) is 6.46. The third-order valence-electron chi connectivity index (χ3n) is 2.87. The number of aromatic nitrogens is 2. The van der Waals surface area contributed by atoms with Crippen molar-refractivity contribution in [1.82, 2.24) is 9.97 Å². The van der Waals surface area contributed by atoms with Gasteiger partial charge in [0.05, 0.1) is 11.9 Å². The van der Waals surface area contributed by atoms with Crippen LogP contribution < -0.4 is 16.4 Å². The lowest BCUT2D eigenvalue weighted by Gasteiger charge is -2.04. The van der Waals surface area contributed by atoms with E-state index >= 15 is 0 Å². The van der Waals surface area contributed by atoms with Crippen LogP contribution in [0.3, 0.4) is 0 Å². The molecule has 124 valence electrons. The minimum Gasteiger partial charge on any atom is -0.429 e. The van der Waals surface area contributed by atoms with E-state index in [0.29, 0.717) is 10.8 Å². The van der Waals surface area contributed by atoms with Crippen molar-refractivity contribution in [1.29, 1.82) is 0 Å². The highest BCUT2D eigenvalue weighted by Crippen LogP contribution is 2.30. The van der Waals surface area contributed by atoms with E-state index in [9.17, 15) is 9.18 Å². The Kier molecular flexibility index (Phi) is 4.36. The number of oxazole rings is 1. The number of nitrogens with zero attached hydrogens (tertiary/aromatic N) is 2. The normalized spacial score (nSPS) is 10.6. The first kappa shape index (κ1) is 16.2. The van der Waals surface area contributed by atoms with Crippen LogP contribution in [-0.4, -0.2) is 15.9 Å². The Hall–Kier alpha value is -2.65. The lowest BCUT2D eigenvalue weighted by Crippen LogP contribution is -2.12. The fourth-order valence-corrected chi connectivity index (χ4v) is 2.79. The number of hydrogen-bond acceptors (Lipinski definition) is 7. The molecule has 1 amide bonds. The SMILES string of the molecule is Cc1cnc(NC(=O)c2sc(Nc3cc(Cl)ccc3F)nc2N)o1. The standard InChI is InChI=1S/C14H11ClFN5O2S/c1-6-5-18-13(23-6)21-12(22)10-11(17)20-14(24-10)19-9-4-7(15)2-3-8(9)16/h2-5H,17H2,1H3,(H,19,20)(H,18,21,22). The Labute approximate surface area is 144 Å². The smallest absolute Gasteiger partial charge is 0.301 e. The molecule has 4 N–H and O–H groups in total. The number of nitrogens with two attached hydrogens (primary N) is 1. The number of carbonyl (C=O) groups excluding carboxylic acids is 1. The highest BCUT2D eigenvalue weighted by atomic mass is 35.5. The number of nitrogens with one attached hydrogen (secondary N) is 2. The average molecular weight is 368 g/mol. The molecular formula is C14H11ClFN5O2S. The second-order valence-electron chi connectivity index (χ2n) is 4.71. The van der Waals surface area contributed by atoms with Crippen molar-refractivity contribution in [2.45, 2.75) is 6.92 Å². The van der Waals surface area contributed by atoms with E-state index in [0.717, 1.165) is 11.3 Å². The number of aryl methyl sites for hydroxylation is 1. The number of amides is 1. The summed E-state index contributed by atoms with van der Waals surface area (Å²) in [5.74, 6) is -0.465. The summed E-state index contributed by atoms with van der Waals surface area (Å²) in [6.07, 6.45) is 1.47. The van der Waals surface area contributed by atoms with Gasteiger partial charge in [0.15, 0.2) is 5.13 Å². The van der Waals surface area contributed by atoms with Gasteiger partial charge >= 0.3 is 6.01 Å². The molecule has 3 aromatic rings. The van der Waals surface area contributed by atoms with Gasteiger partial charge in [0.25, 0.3) is 5.91 Å². The number of hydrogen-bond donors (Lipinski definition) is 3. The van der Waals surface area contributed by atoms with Gasteiger partial charge in [0, 0.05) is 5.02 Å². The van der Waals surface area contributed by atoms with E-state index in [1.807, 2.05) is 0 Å². The Balaban J connectivity index is 1.79. The van der Waals surface area contributed by atoms with Crippen LogP contribution in [0.25, 0.3) is 0 Å². The molecule has 0 atom stereocenters. The Morgan fingerprint density at radius 1 is 1.46 bits per heavy atom. The number of halogens is 2. The topological polar surface area (TPSA) is 106 Å². The predicted octanol–water partition coefficient (Wildman–Crippen LogP) is 3.81. The second-order valence-corrected chi connectivity index (χ2v) is 6.15. The summed E-state index contributed by atoms with van der Waals surface area (Å²) in [4.78, 5) is 20.2. The first-order chi connectivity index (χ1) is 11.4. The number of thiazole rings is 1. The zero-order valence-corrected chi connectivity index (χ0v) is 13.8. The van der Waals surface area contributed by atoms with Gasteiger partial charge in [-0.15, -0.1) is 0 Å². The highest BCUT2D eigenvalue weighted by Gasteiger charge is 2.18. The molecular weight excluding hydrogens is 357 g/mol. The van der Waals surface area contributed by atoms with E-state index in [-0.39, 0.29) is 27.5 Å². The molecule has 0 radical (unpaired) electrons. The van der Waals surface area contributed by atoms with E-state index in [4.69, 9.17) is 21.8 Å². The molecule has 24 heavy (non-hydrogen) atoms. The quantitative estimate of drug-likeness (QED) is 0.647. The molecule has 0 unspecified atom stereocenters. The molecule has 0 aliphatic carbocycles. The van der Waals surface area contributed by atoms with Crippen LogP contribution in [0.2, 0.25) is 5.02 Å². The van der Waals surface area contributed by atoms with Crippen LogP contribution >= 0.6 is 22.9 Å². The molecule has 1 aromatic carbocycles. The van der Waals surface area contributed by atoms with Gasteiger partial charge in [0.1, 0.15) is 22.3 Å². The first-order valence-electron chi connectivity index (χ1n) is 6.64. The zero-order chi connectivity index (χ0) is 17.3. The maximum absolute atomic E-state index is 13.7. The first-order valence-corrected chi connectivity index (χ1v) is 7.84. The van der Waals surface area contributed by atoms with Crippen molar-refractivity contribution in [3.8, 4) is 0 Å². The molecule has 7 nitrogen and oxygen atoms in total. The molecule has 2 heterocycles. The van der Waals surface area contributed by atoms with Crippen molar-refractivity contribution in [3.63, 3.8) is 0 Å². The molecule has 3 rings (SSSR count). The summed E-state index contributed by atoms with van der Waals surface area (Å²) in [5, 5.41) is 5.83. The van der Waals surface area contributed by atoms with Gasteiger partial charge in [-0.05, 0) is 25.1 Å². The fourth-order valence-electron chi connectivity index (χ4n) is 1.82. The number of anilines is 4. The lowest BCUT2D eigenvalue weighted by molar-refractivity contribution is 0.102. The predicted molar refractivity (Wildman–Crippen MR) is 90.4 cm³/mol. The van der Waals surface area contributed by atoms with Gasteiger partial charge in [-0.1, -0.05) is 22.9 Å². The van der Waals surface area contributed by atoms with E-state index in [1.54, 1.807) is 6.92 Å². The third-order valence-corrected chi connectivity index (χ3v) is 4.09. The van der Waals surface area contributed by atoms with Crippen molar-refractivity contribution in [2.75, 3.05) is 16.4 Å². The monoisotopic (exact) mass is 367 g/mol. The van der Waals surface area contributed by atoms with E-state index in [2.05, 4.69) is 20.6 Å². The molecule has 0 saturated carbocycles. The summed E-state index contributed by atoms with van der Waals surface area (Å²) >= 11 is 6.80. The third kappa shape index (κ3) is 3.47. The van der Waals surface area contributed by atoms with Gasteiger partial charge in [-0.25, -0.2) is 14.4 Å². The van der Waals surface area contributed by atoms with Gasteiger partial charge in [0.2, 0.25) is 0 Å². The largest absolute Gasteiger partial charge is 0.429 e. The van der Waals surface area contributed by atoms with E-state index < -0.39 is 11.7 Å². The lowest BCUT2D eigenvalue weighted by atomic mass is 10.3. The van der Waals surface area contributed by atoms with Crippen LogP contribution in [-0.2, 0) is 0 Å². The van der Waals surface area contributed by atoms with Crippen molar-refractivity contribution in [3.05, 3.63) is 45.9 Å². The van der Waals surface area contributed by atoms with Crippen molar-refractivity contribution < 1.29 is 13.6 Å². The van der Waals surface area contributed by atoms with Crippen LogP contribution in [0.5, 0.6) is 0 Å². The molecule has 2 aromatic heterocycles. The fraction of sp³-hybridized carbons (Fsp3) is 0.0714. The Morgan fingerprint density at radius 2 is 2.25 bits per heavy atom. The number of nitrogen functional groups attached to an aromatic ring is 1. The van der Waals surface area contributed by atoms with Crippen LogP contribution in [0.1, 0.15) is 15.4 Å². The number of rotatable bonds is 4. The van der Waals surface area contributed by atoms with Crippen molar-refractivity contribution in [2.24, 2.45) is 0 Å². The summed E-state index contributed by atoms with van der Waals surface area (Å²) in [6, 6.07) is 4.11. The minimum atomic E-state index is -0.522. The number of benzene rings is 1. The summed E-state index contributed by atoms with van der Waals surface area (Å²) in [6.45, 7) is 1.70. The number of carbonyl (C=O) groups is 1. The van der Waals surface area contributed by atoms with Crippen molar-refractivity contribution >= 4 is 51.5 Å². The van der Waals surface area contributed by atoms with Crippen LogP contribution in [0, 0.1) is 12.7 Å². The Bertz CT molecular complexity index is 910. The van der Waals surface area contributed by atoms with Gasteiger partial charge in [-0.2, -0.15) is 0 Å². The Morgan fingerprint density at radius 3 is 2.96 bits per heavy atom. The van der Waals surface area contributed by atoms with E-state index in [1.165, 1.54) is 24.4 Å². The maximum Gasteiger partial charge on any atom is 0.301 e. The average Bonchev–Trinajstić information content (AvgIpc) is 3.09. The molecule has 0 saturated heterocycles. The van der Waals surface area contributed by atoms with Crippen LogP contribution in [0.4, 0.5) is 27.0 Å².